The maximum absolute atomic E-state index is 5.60. The molecule has 1 saturated heterocycles. The SMILES string of the molecule is c1cn(CCc2noc([C@H]3CCCO3)n2)c(-c2nc3c(s2)CCCC3)n1. The highest BCUT2D eigenvalue weighted by Gasteiger charge is 2.24. The van der Waals surface area contributed by atoms with Crippen LogP contribution in [-0.4, -0.2) is 31.3 Å². The van der Waals surface area contributed by atoms with Gasteiger partial charge in [0, 0.05) is 36.8 Å². The van der Waals surface area contributed by atoms with Crippen molar-refractivity contribution in [2.45, 2.75) is 57.6 Å². The van der Waals surface area contributed by atoms with Gasteiger partial charge in [0.15, 0.2) is 16.7 Å². The van der Waals surface area contributed by atoms with Gasteiger partial charge in [-0.05, 0) is 38.5 Å². The minimum Gasteiger partial charge on any atom is -0.368 e. The van der Waals surface area contributed by atoms with Crippen LogP contribution in [0.3, 0.4) is 0 Å². The summed E-state index contributed by atoms with van der Waals surface area (Å²) in [4.78, 5) is 15.3. The predicted molar refractivity (Wildman–Crippen MR) is 95.9 cm³/mol. The zero-order valence-corrected chi connectivity index (χ0v) is 15.4. The summed E-state index contributed by atoms with van der Waals surface area (Å²) in [7, 11) is 0. The molecule has 1 aliphatic heterocycles. The van der Waals surface area contributed by atoms with Gasteiger partial charge in [0.05, 0.1) is 5.69 Å². The van der Waals surface area contributed by atoms with Crippen LogP contribution in [0.2, 0.25) is 0 Å². The molecule has 1 aliphatic carbocycles. The van der Waals surface area contributed by atoms with Crippen LogP contribution in [0.4, 0.5) is 0 Å². The Labute approximate surface area is 155 Å². The van der Waals surface area contributed by atoms with Crippen LogP contribution in [0.15, 0.2) is 16.9 Å². The van der Waals surface area contributed by atoms with Crippen LogP contribution in [0.1, 0.15) is 54.1 Å². The number of ether oxygens (including phenoxy) is 1. The lowest BCUT2D eigenvalue weighted by molar-refractivity contribution is 0.0835. The Morgan fingerprint density at radius 3 is 3.04 bits per heavy atom. The predicted octanol–water partition coefficient (Wildman–Crippen LogP) is 3.36. The van der Waals surface area contributed by atoms with Crippen molar-refractivity contribution in [3.8, 4) is 10.8 Å². The van der Waals surface area contributed by atoms with E-state index in [0.29, 0.717) is 18.1 Å². The largest absolute Gasteiger partial charge is 0.368 e. The van der Waals surface area contributed by atoms with Crippen molar-refractivity contribution in [2.75, 3.05) is 6.61 Å². The molecule has 5 rings (SSSR count). The fourth-order valence-corrected chi connectivity index (χ4v) is 4.79. The maximum atomic E-state index is 5.60. The lowest BCUT2D eigenvalue weighted by Crippen LogP contribution is -2.04. The van der Waals surface area contributed by atoms with Gasteiger partial charge >= 0.3 is 0 Å². The third-order valence-electron chi connectivity index (χ3n) is 5.02. The summed E-state index contributed by atoms with van der Waals surface area (Å²) in [5.41, 5.74) is 1.27. The lowest BCUT2D eigenvalue weighted by atomic mass is 10.0. The second-order valence-corrected chi connectivity index (χ2v) is 7.92. The van der Waals surface area contributed by atoms with Gasteiger partial charge in [-0.3, -0.25) is 0 Å². The third-order valence-corrected chi connectivity index (χ3v) is 6.17. The second kappa shape index (κ2) is 6.92. The molecular weight excluding hydrogens is 350 g/mol. The van der Waals surface area contributed by atoms with Crippen molar-refractivity contribution in [2.24, 2.45) is 0 Å². The highest BCUT2D eigenvalue weighted by atomic mass is 32.1. The zero-order valence-electron chi connectivity index (χ0n) is 14.6. The van der Waals surface area contributed by atoms with Gasteiger partial charge < -0.3 is 13.8 Å². The summed E-state index contributed by atoms with van der Waals surface area (Å²) in [6.45, 7) is 1.53. The molecule has 0 bridgehead atoms. The number of aromatic nitrogens is 5. The summed E-state index contributed by atoms with van der Waals surface area (Å²) >= 11 is 1.79. The zero-order chi connectivity index (χ0) is 17.3. The molecule has 4 heterocycles. The van der Waals surface area contributed by atoms with E-state index in [1.807, 2.05) is 12.4 Å². The number of rotatable bonds is 5. The van der Waals surface area contributed by atoms with Crippen molar-refractivity contribution in [1.29, 1.82) is 0 Å². The molecule has 26 heavy (non-hydrogen) atoms. The average molecular weight is 371 g/mol. The lowest BCUT2D eigenvalue weighted by Gasteiger charge is -2.06. The van der Waals surface area contributed by atoms with Gasteiger partial charge in [0.2, 0.25) is 0 Å². The van der Waals surface area contributed by atoms with Crippen LogP contribution in [0.5, 0.6) is 0 Å². The molecule has 7 nitrogen and oxygen atoms in total. The Morgan fingerprint density at radius 2 is 2.15 bits per heavy atom. The second-order valence-electron chi connectivity index (χ2n) is 6.84. The number of hydrogen-bond acceptors (Lipinski definition) is 7. The first-order chi connectivity index (χ1) is 12.9. The monoisotopic (exact) mass is 371 g/mol. The number of nitrogens with zero attached hydrogens (tertiary/aromatic N) is 5. The highest BCUT2D eigenvalue weighted by Crippen LogP contribution is 2.32. The number of thiazole rings is 1. The van der Waals surface area contributed by atoms with Gasteiger partial charge in [-0.15, -0.1) is 11.3 Å². The van der Waals surface area contributed by atoms with Crippen LogP contribution in [0.25, 0.3) is 10.8 Å². The van der Waals surface area contributed by atoms with E-state index in [9.17, 15) is 0 Å². The first-order valence-electron chi connectivity index (χ1n) is 9.31. The molecule has 0 spiro atoms. The van der Waals surface area contributed by atoms with E-state index >= 15 is 0 Å². The molecule has 0 unspecified atom stereocenters. The molecule has 8 heteroatoms. The summed E-state index contributed by atoms with van der Waals surface area (Å²) in [6.07, 6.45) is 11.3. The van der Waals surface area contributed by atoms with Crippen molar-refractivity contribution >= 4 is 11.3 Å². The minimum atomic E-state index is -0.0262. The summed E-state index contributed by atoms with van der Waals surface area (Å²) in [6, 6.07) is 0. The number of fused-ring (bicyclic) bond motifs is 1. The Kier molecular flexibility index (Phi) is 4.30. The number of imidazole rings is 1. The van der Waals surface area contributed by atoms with Crippen molar-refractivity contribution in [3.05, 3.63) is 34.7 Å². The molecule has 3 aromatic rings. The normalized spacial score (nSPS) is 19.8. The molecule has 0 aromatic carbocycles. The fourth-order valence-electron chi connectivity index (χ4n) is 3.63. The maximum Gasteiger partial charge on any atom is 0.255 e. The highest BCUT2D eigenvalue weighted by molar-refractivity contribution is 7.15. The van der Waals surface area contributed by atoms with E-state index in [1.165, 1.54) is 23.4 Å². The molecule has 0 N–H and O–H groups in total. The number of hydrogen-bond donors (Lipinski definition) is 0. The van der Waals surface area contributed by atoms with E-state index in [2.05, 4.69) is 19.7 Å². The van der Waals surface area contributed by atoms with E-state index in [1.54, 1.807) is 11.3 Å². The molecule has 0 saturated carbocycles. The van der Waals surface area contributed by atoms with Crippen LogP contribution < -0.4 is 0 Å². The standard InChI is InChI=1S/C18H21N5O2S/c1-2-6-14-12(4-1)20-18(26-14)16-19-8-10-23(16)9-7-15-21-17(25-22-15)13-5-3-11-24-13/h8,10,13H,1-7,9,11H2/t13-/m1/s1. The van der Waals surface area contributed by atoms with Crippen LogP contribution in [0, 0.1) is 0 Å². The van der Waals surface area contributed by atoms with E-state index in [4.69, 9.17) is 14.2 Å². The van der Waals surface area contributed by atoms with Crippen molar-refractivity contribution < 1.29 is 9.26 Å². The summed E-state index contributed by atoms with van der Waals surface area (Å²) in [5, 5.41) is 5.13. The molecule has 136 valence electrons. The van der Waals surface area contributed by atoms with E-state index in [0.717, 1.165) is 49.7 Å². The smallest absolute Gasteiger partial charge is 0.255 e. The van der Waals surface area contributed by atoms with Crippen LogP contribution >= 0.6 is 11.3 Å². The number of aryl methyl sites for hydroxylation is 4. The minimum absolute atomic E-state index is 0.0262. The van der Waals surface area contributed by atoms with Gasteiger partial charge in [-0.25, -0.2) is 9.97 Å². The summed E-state index contributed by atoms with van der Waals surface area (Å²) in [5.74, 6) is 2.26. The molecule has 1 fully saturated rings. The van der Waals surface area contributed by atoms with E-state index < -0.39 is 0 Å². The van der Waals surface area contributed by atoms with Crippen molar-refractivity contribution in [3.63, 3.8) is 0 Å². The van der Waals surface area contributed by atoms with Gasteiger partial charge in [-0.2, -0.15) is 4.98 Å². The Bertz CT molecular complexity index is 870. The first-order valence-corrected chi connectivity index (χ1v) is 10.1. The molecule has 0 amide bonds. The Morgan fingerprint density at radius 1 is 1.19 bits per heavy atom. The topological polar surface area (TPSA) is 78.9 Å². The van der Waals surface area contributed by atoms with Gasteiger partial charge in [-0.1, -0.05) is 5.16 Å². The first kappa shape index (κ1) is 16.1. The van der Waals surface area contributed by atoms with Crippen LogP contribution in [-0.2, 0) is 30.5 Å². The Hall–Kier alpha value is -2.06. The quantitative estimate of drug-likeness (QED) is 0.684. The molecular formula is C18H21N5O2S. The third kappa shape index (κ3) is 3.07. The van der Waals surface area contributed by atoms with Gasteiger partial charge in [0.1, 0.15) is 6.10 Å². The summed E-state index contributed by atoms with van der Waals surface area (Å²) < 4.78 is 13.1. The average Bonchev–Trinajstić information content (AvgIpc) is 3.46. The Balaban J connectivity index is 1.30. The molecule has 1 atom stereocenters. The van der Waals surface area contributed by atoms with E-state index in [-0.39, 0.29) is 6.10 Å². The fraction of sp³-hybridized carbons (Fsp3) is 0.556. The van der Waals surface area contributed by atoms with Crippen molar-refractivity contribution in [1.82, 2.24) is 24.7 Å². The molecule has 0 radical (unpaired) electrons. The molecule has 3 aromatic heterocycles. The molecule has 2 aliphatic rings. The van der Waals surface area contributed by atoms with Gasteiger partial charge in [0.25, 0.3) is 5.89 Å².